The predicted octanol–water partition coefficient (Wildman–Crippen LogP) is 2.54. The molecule has 1 aromatic rings. The van der Waals surface area contributed by atoms with Gasteiger partial charge in [-0.3, -0.25) is 0 Å². The van der Waals surface area contributed by atoms with Crippen molar-refractivity contribution >= 4 is 34.8 Å². The van der Waals surface area contributed by atoms with Crippen LogP contribution in [-0.4, -0.2) is 22.7 Å². The number of aliphatic hydroxyl groups excluding tert-OH is 1. The predicted molar refractivity (Wildman–Crippen MR) is 70.5 cm³/mol. The Morgan fingerprint density at radius 3 is 2.88 bits per heavy atom. The van der Waals surface area contributed by atoms with Crippen LogP contribution >= 0.6 is 23.2 Å². The van der Waals surface area contributed by atoms with Crippen molar-refractivity contribution in [1.82, 2.24) is 4.98 Å². The van der Waals surface area contributed by atoms with Crippen LogP contribution in [0.15, 0.2) is 6.07 Å². The summed E-state index contributed by atoms with van der Waals surface area (Å²) in [7, 11) is 0. The third-order valence-corrected chi connectivity index (χ3v) is 3.76. The summed E-state index contributed by atoms with van der Waals surface area (Å²) < 4.78 is 0. The molecule has 0 aliphatic heterocycles. The van der Waals surface area contributed by atoms with E-state index in [2.05, 4.69) is 10.3 Å². The number of nitrogens with two attached hydrogens (primary N) is 1. The Labute approximate surface area is 110 Å². The molecule has 94 valence electrons. The molecule has 0 bridgehead atoms. The molecule has 4 N–H and O–H groups in total. The monoisotopic (exact) mass is 275 g/mol. The molecular formula is C11H15Cl2N3O. The molecule has 1 heterocycles. The van der Waals surface area contributed by atoms with Gasteiger partial charge in [-0.05, 0) is 18.9 Å². The Bertz CT molecular complexity index is 414. The molecule has 6 heteroatoms. The lowest BCUT2D eigenvalue weighted by atomic mass is 10.1. The number of halogens is 2. The second-order valence-electron chi connectivity index (χ2n) is 4.31. The molecule has 4 nitrogen and oxygen atoms in total. The van der Waals surface area contributed by atoms with Crippen molar-refractivity contribution in [1.29, 1.82) is 0 Å². The number of nitrogens with zero attached hydrogens (tertiary/aromatic N) is 1. The smallest absolute Gasteiger partial charge is 0.147 e. The molecule has 2 atom stereocenters. The SMILES string of the molecule is Nc1nc(NC2CCCC2CO)c(Cl)cc1Cl. The van der Waals surface area contributed by atoms with Crippen LogP contribution in [0.1, 0.15) is 19.3 Å². The van der Waals surface area contributed by atoms with Crippen LogP contribution in [0.5, 0.6) is 0 Å². The van der Waals surface area contributed by atoms with Gasteiger partial charge in [0.05, 0.1) is 10.0 Å². The molecule has 17 heavy (non-hydrogen) atoms. The summed E-state index contributed by atoms with van der Waals surface area (Å²) in [5, 5.41) is 13.3. The fourth-order valence-electron chi connectivity index (χ4n) is 2.20. The molecule has 0 amide bonds. The third kappa shape index (κ3) is 2.76. The van der Waals surface area contributed by atoms with Crippen LogP contribution in [0.4, 0.5) is 11.6 Å². The van der Waals surface area contributed by atoms with Crippen molar-refractivity contribution in [2.24, 2.45) is 5.92 Å². The van der Waals surface area contributed by atoms with Crippen molar-refractivity contribution in [2.75, 3.05) is 17.7 Å². The van der Waals surface area contributed by atoms with Crippen LogP contribution < -0.4 is 11.1 Å². The van der Waals surface area contributed by atoms with Gasteiger partial charge in [0, 0.05) is 18.6 Å². The zero-order valence-electron chi connectivity index (χ0n) is 9.29. The van der Waals surface area contributed by atoms with E-state index in [1.54, 1.807) is 6.07 Å². The average molecular weight is 276 g/mol. The van der Waals surface area contributed by atoms with E-state index in [9.17, 15) is 5.11 Å². The molecule has 1 aromatic heterocycles. The highest BCUT2D eigenvalue weighted by molar-refractivity contribution is 6.37. The maximum atomic E-state index is 9.24. The van der Waals surface area contributed by atoms with E-state index in [-0.39, 0.29) is 24.4 Å². The number of nitrogen functional groups attached to an aromatic ring is 1. The van der Waals surface area contributed by atoms with E-state index in [0.29, 0.717) is 15.9 Å². The van der Waals surface area contributed by atoms with Gasteiger partial charge >= 0.3 is 0 Å². The normalized spacial score (nSPS) is 23.9. The summed E-state index contributed by atoms with van der Waals surface area (Å²) >= 11 is 11.9. The second-order valence-corrected chi connectivity index (χ2v) is 5.12. The Morgan fingerprint density at radius 1 is 1.41 bits per heavy atom. The maximum Gasteiger partial charge on any atom is 0.147 e. The summed E-state index contributed by atoms with van der Waals surface area (Å²) in [5.74, 6) is 1.06. The molecule has 1 saturated carbocycles. The minimum absolute atomic E-state index is 0.179. The highest BCUT2D eigenvalue weighted by Gasteiger charge is 2.27. The quantitative estimate of drug-likeness (QED) is 0.793. The summed E-state index contributed by atoms with van der Waals surface area (Å²) in [6.07, 6.45) is 3.13. The number of aliphatic hydroxyl groups is 1. The van der Waals surface area contributed by atoms with Gasteiger partial charge in [-0.1, -0.05) is 29.6 Å². The highest BCUT2D eigenvalue weighted by atomic mass is 35.5. The van der Waals surface area contributed by atoms with Gasteiger partial charge in [-0.25, -0.2) is 4.98 Å². The van der Waals surface area contributed by atoms with Crippen LogP contribution in [-0.2, 0) is 0 Å². The number of anilines is 2. The average Bonchev–Trinajstić information content (AvgIpc) is 2.73. The maximum absolute atomic E-state index is 9.24. The van der Waals surface area contributed by atoms with Gasteiger partial charge < -0.3 is 16.2 Å². The van der Waals surface area contributed by atoms with Crippen LogP contribution in [0, 0.1) is 5.92 Å². The summed E-state index contributed by atoms with van der Waals surface area (Å²) in [6.45, 7) is 0.179. The standard InChI is InChI=1S/C11H15Cl2N3O/c12-7-4-8(13)11(16-10(7)14)15-9-3-1-2-6(9)5-17/h4,6,9,17H,1-3,5H2,(H3,14,15,16). The molecule has 2 rings (SSSR count). The van der Waals surface area contributed by atoms with Crippen LogP contribution in [0.2, 0.25) is 10.0 Å². The van der Waals surface area contributed by atoms with E-state index in [1.807, 2.05) is 0 Å². The minimum atomic E-state index is 0.179. The summed E-state index contributed by atoms with van der Waals surface area (Å²) in [6, 6.07) is 1.78. The lowest BCUT2D eigenvalue weighted by Crippen LogP contribution is -2.27. The lowest BCUT2D eigenvalue weighted by Gasteiger charge is -2.20. The van der Waals surface area contributed by atoms with Gasteiger partial charge in [0.15, 0.2) is 0 Å². The van der Waals surface area contributed by atoms with Crippen LogP contribution in [0.25, 0.3) is 0 Å². The summed E-state index contributed by atoms with van der Waals surface area (Å²) in [4.78, 5) is 4.13. The van der Waals surface area contributed by atoms with Crippen molar-refractivity contribution in [3.63, 3.8) is 0 Å². The van der Waals surface area contributed by atoms with Crippen LogP contribution in [0.3, 0.4) is 0 Å². The molecule has 0 spiro atoms. The number of nitrogens with one attached hydrogen (secondary N) is 1. The molecule has 1 aliphatic carbocycles. The molecule has 0 aromatic carbocycles. The minimum Gasteiger partial charge on any atom is -0.396 e. The number of hydrogen-bond donors (Lipinski definition) is 3. The van der Waals surface area contributed by atoms with Gasteiger partial charge in [-0.2, -0.15) is 0 Å². The Balaban J connectivity index is 2.15. The molecule has 0 radical (unpaired) electrons. The van der Waals surface area contributed by atoms with Gasteiger partial charge in [0.1, 0.15) is 11.6 Å². The number of pyridine rings is 1. The molecule has 1 aliphatic rings. The van der Waals surface area contributed by atoms with Crippen molar-refractivity contribution < 1.29 is 5.11 Å². The topological polar surface area (TPSA) is 71.2 Å². The number of hydrogen-bond acceptors (Lipinski definition) is 4. The second kappa shape index (κ2) is 5.29. The van der Waals surface area contributed by atoms with Crippen molar-refractivity contribution in [3.8, 4) is 0 Å². The van der Waals surface area contributed by atoms with Gasteiger partial charge in [0.2, 0.25) is 0 Å². The largest absolute Gasteiger partial charge is 0.396 e. The van der Waals surface area contributed by atoms with E-state index in [0.717, 1.165) is 19.3 Å². The number of aromatic nitrogens is 1. The van der Waals surface area contributed by atoms with Crippen molar-refractivity contribution in [2.45, 2.75) is 25.3 Å². The molecular weight excluding hydrogens is 261 g/mol. The molecule has 0 saturated heterocycles. The zero-order chi connectivity index (χ0) is 12.4. The third-order valence-electron chi connectivity index (χ3n) is 3.17. The number of rotatable bonds is 3. The Kier molecular flexibility index (Phi) is 3.97. The first kappa shape index (κ1) is 12.7. The molecule has 2 unspecified atom stereocenters. The Morgan fingerprint density at radius 2 is 2.18 bits per heavy atom. The van der Waals surface area contributed by atoms with E-state index in [1.165, 1.54) is 0 Å². The first-order valence-electron chi connectivity index (χ1n) is 5.60. The fraction of sp³-hybridized carbons (Fsp3) is 0.545. The lowest BCUT2D eigenvalue weighted by molar-refractivity contribution is 0.222. The highest BCUT2D eigenvalue weighted by Crippen LogP contribution is 2.32. The van der Waals surface area contributed by atoms with Crippen molar-refractivity contribution in [3.05, 3.63) is 16.1 Å². The van der Waals surface area contributed by atoms with E-state index < -0.39 is 0 Å². The first-order chi connectivity index (χ1) is 8.11. The van der Waals surface area contributed by atoms with Gasteiger partial charge in [-0.15, -0.1) is 0 Å². The Hall–Kier alpha value is -0.710. The van der Waals surface area contributed by atoms with Gasteiger partial charge in [0.25, 0.3) is 0 Å². The fourth-order valence-corrected chi connectivity index (χ4v) is 2.62. The first-order valence-corrected chi connectivity index (χ1v) is 6.36. The van der Waals surface area contributed by atoms with E-state index in [4.69, 9.17) is 28.9 Å². The van der Waals surface area contributed by atoms with E-state index >= 15 is 0 Å². The summed E-state index contributed by atoms with van der Waals surface area (Å²) in [5.41, 5.74) is 5.64. The zero-order valence-corrected chi connectivity index (χ0v) is 10.8. The molecule has 1 fully saturated rings.